The maximum atomic E-state index is 11.7. The number of nitriles is 1. The molecule has 10 nitrogen and oxygen atoms in total. The molecule has 198 valence electrons. The Kier molecular flexibility index (Phi) is 7.61. The number of halogens is 1. The highest BCUT2D eigenvalue weighted by Gasteiger charge is 2.28. The van der Waals surface area contributed by atoms with E-state index in [4.69, 9.17) is 26.3 Å². The van der Waals surface area contributed by atoms with Crippen molar-refractivity contribution >= 4 is 40.1 Å². The van der Waals surface area contributed by atoms with Crippen LogP contribution < -0.4 is 10.2 Å². The van der Waals surface area contributed by atoms with Gasteiger partial charge in [0.1, 0.15) is 11.2 Å². The second-order valence-corrected chi connectivity index (χ2v) is 10.2. The molecule has 0 bridgehead atoms. The minimum atomic E-state index is -1.17. The Morgan fingerprint density at radius 1 is 1.18 bits per heavy atom. The standard InChI is InChI=1S/C27H30ClN7O3/c1-16-13-19(17(2)30-20-3-4-23(28)32-25(20)27(36)37)24-21(14-16)31-22(15-29)26(33-24)35-9-7-34(8-10-35)18-5-11-38-12-6-18/h3-4,13-14,17-18,30H,5-12H2,1-2H3,(H,36,37)/t17-/m1/s1. The normalized spacial score (nSPS) is 17.8. The molecule has 0 amide bonds. The summed E-state index contributed by atoms with van der Waals surface area (Å²) in [5.74, 6) is -0.583. The number of benzene rings is 1. The molecule has 5 rings (SSSR count). The molecular formula is C27H30ClN7O3. The van der Waals surface area contributed by atoms with Crippen LogP contribution in [0.2, 0.25) is 5.15 Å². The molecule has 2 fully saturated rings. The Labute approximate surface area is 226 Å². The highest BCUT2D eigenvalue weighted by Crippen LogP contribution is 2.31. The third-order valence-corrected chi connectivity index (χ3v) is 7.47. The van der Waals surface area contributed by atoms with Crippen molar-refractivity contribution in [3.63, 3.8) is 0 Å². The first-order valence-electron chi connectivity index (χ1n) is 12.8. The third kappa shape index (κ3) is 5.36. The van der Waals surface area contributed by atoms with Crippen LogP contribution in [0.5, 0.6) is 0 Å². The molecule has 1 atom stereocenters. The van der Waals surface area contributed by atoms with E-state index < -0.39 is 5.97 Å². The van der Waals surface area contributed by atoms with Gasteiger partial charge in [0.05, 0.1) is 22.8 Å². The Hall–Kier alpha value is -3.52. The maximum absolute atomic E-state index is 11.7. The third-order valence-electron chi connectivity index (χ3n) is 7.25. The van der Waals surface area contributed by atoms with Crippen molar-refractivity contribution in [1.29, 1.82) is 5.26 Å². The number of nitrogens with zero attached hydrogens (tertiary/aromatic N) is 6. The fraction of sp³-hybridized carbons (Fsp3) is 0.444. The van der Waals surface area contributed by atoms with Crippen LogP contribution in [-0.2, 0) is 4.74 Å². The number of pyridine rings is 1. The summed E-state index contributed by atoms with van der Waals surface area (Å²) in [5.41, 5.74) is 3.63. The van der Waals surface area contributed by atoms with Gasteiger partial charge in [0, 0.05) is 51.0 Å². The number of nitrogens with one attached hydrogen (secondary N) is 1. The highest BCUT2D eigenvalue weighted by molar-refractivity contribution is 6.29. The Morgan fingerprint density at radius 3 is 2.61 bits per heavy atom. The number of rotatable bonds is 6. The summed E-state index contributed by atoms with van der Waals surface area (Å²) in [5, 5.41) is 22.9. The van der Waals surface area contributed by atoms with E-state index in [1.165, 1.54) is 0 Å². The van der Waals surface area contributed by atoms with Gasteiger partial charge in [-0.2, -0.15) is 5.26 Å². The quantitative estimate of drug-likeness (QED) is 0.446. The summed E-state index contributed by atoms with van der Waals surface area (Å²) >= 11 is 5.93. The van der Waals surface area contributed by atoms with Crippen LogP contribution in [0.3, 0.4) is 0 Å². The lowest BCUT2D eigenvalue weighted by atomic mass is 10.0. The molecular weight excluding hydrogens is 506 g/mol. The second kappa shape index (κ2) is 11.1. The number of ether oxygens (including phenoxy) is 1. The Morgan fingerprint density at radius 2 is 1.92 bits per heavy atom. The zero-order chi connectivity index (χ0) is 26.8. The number of aryl methyl sites for hydroxylation is 1. The van der Waals surface area contributed by atoms with Crippen LogP contribution >= 0.6 is 11.6 Å². The lowest BCUT2D eigenvalue weighted by Gasteiger charge is -2.41. The average molecular weight is 536 g/mol. The first kappa shape index (κ1) is 26.1. The number of carboxylic acids is 1. The molecule has 0 unspecified atom stereocenters. The summed E-state index contributed by atoms with van der Waals surface area (Å²) < 4.78 is 5.52. The summed E-state index contributed by atoms with van der Waals surface area (Å²) in [6.07, 6.45) is 2.11. The number of hydrogen-bond donors (Lipinski definition) is 2. The van der Waals surface area contributed by atoms with E-state index in [-0.39, 0.29) is 16.9 Å². The van der Waals surface area contributed by atoms with Crippen molar-refractivity contribution in [2.24, 2.45) is 0 Å². The van der Waals surface area contributed by atoms with Gasteiger partial charge in [0.25, 0.3) is 0 Å². The number of aromatic nitrogens is 3. The zero-order valence-corrected chi connectivity index (χ0v) is 22.2. The van der Waals surface area contributed by atoms with Crippen LogP contribution in [0.1, 0.15) is 53.1 Å². The van der Waals surface area contributed by atoms with Crippen LogP contribution in [0.15, 0.2) is 24.3 Å². The maximum Gasteiger partial charge on any atom is 0.356 e. The molecule has 2 saturated heterocycles. The molecule has 3 aromatic rings. The molecule has 1 aromatic carbocycles. The first-order chi connectivity index (χ1) is 18.3. The van der Waals surface area contributed by atoms with Gasteiger partial charge in [-0.05, 0) is 50.5 Å². The van der Waals surface area contributed by atoms with Gasteiger partial charge in [0.15, 0.2) is 17.2 Å². The Bertz CT molecular complexity index is 1400. The smallest absolute Gasteiger partial charge is 0.356 e. The van der Waals surface area contributed by atoms with Crippen LogP contribution in [0.25, 0.3) is 11.0 Å². The van der Waals surface area contributed by atoms with E-state index in [1.807, 2.05) is 26.0 Å². The topological polar surface area (TPSA) is 127 Å². The van der Waals surface area contributed by atoms with Gasteiger partial charge in [-0.15, -0.1) is 0 Å². The SMILES string of the molecule is Cc1cc([C@@H](C)Nc2ccc(Cl)nc2C(=O)O)c2nc(N3CCN(C4CCOCC4)CC3)c(C#N)nc2c1. The van der Waals surface area contributed by atoms with Crippen LogP contribution in [0.4, 0.5) is 11.5 Å². The summed E-state index contributed by atoms with van der Waals surface area (Å²) in [7, 11) is 0. The molecule has 38 heavy (non-hydrogen) atoms. The second-order valence-electron chi connectivity index (χ2n) is 9.80. The summed E-state index contributed by atoms with van der Waals surface area (Å²) in [4.78, 5) is 30.1. The lowest BCUT2D eigenvalue weighted by Crippen LogP contribution is -2.52. The average Bonchev–Trinajstić information content (AvgIpc) is 2.93. The minimum Gasteiger partial charge on any atom is -0.476 e. The van der Waals surface area contributed by atoms with E-state index in [9.17, 15) is 15.2 Å². The summed E-state index contributed by atoms with van der Waals surface area (Å²) in [6, 6.07) is 9.55. The predicted molar refractivity (Wildman–Crippen MR) is 145 cm³/mol. The number of carboxylic acid groups (broad SMARTS) is 1. The predicted octanol–water partition coefficient (Wildman–Crippen LogP) is 4.03. The van der Waals surface area contributed by atoms with E-state index in [0.717, 1.165) is 63.4 Å². The monoisotopic (exact) mass is 535 g/mol. The molecule has 0 radical (unpaired) electrons. The van der Waals surface area contributed by atoms with Crippen molar-refractivity contribution < 1.29 is 14.6 Å². The molecule has 2 N–H and O–H groups in total. The molecule has 0 spiro atoms. The Balaban J connectivity index is 1.46. The van der Waals surface area contributed by atoms with Gasteiger partial charge in [0.2, 0.25) is 0 Å². The van der Waals surface area contributed by atoms with E-state index in [1.54, 1.807) is 12.1 Å². The van der Waals surface area contributed by atoms with Crippen LogP contribution in [0, 0.1) is 18.3 Å². The number of fused-ring (bicyclic) bond motifs is 1. The molecule has 2 aromatic heterocycles. The minimum absolute atomic E-state index is 0.109. The largest absolute Gasteiger partial charge is 0.476 e. The van der Waals surface area contributed by atoms with E-state index in [2.05, 4.69) is 26.2 Å². The van der Waals surface area contributed by atoms with Crippen LogP contribution in [-0.4, -0.2) is 76.4 Å². The molecule has 11 heteroatoms. The number of hydrogen-bond acceptors (Lipinski definition) is 9. The lowest BCUT2D eigenvalue weighted by molar-refractivity contribution is 0.0321. The van der Waals surface area contributed by atoms with Gasteiger partial charge in [-0.25, -0.2) is 19.7 Å². The fourth-order valence-corrected chi connectivity index (χ4v) is 5.47. The molecule has 2 aliphatic rings. The number of aromatic carboxylic acids is 1. The molecule has 2 aliphatic heterocycles. The van der Waals surface area contributed by atoms with Gasteiger partial charge in [-0.1, -0.05) is 17.7 Å². The van der Waals surface area contributed by atoms with E-state index >= 15 is 0 Å². The van der Waals surface area contributed by atoms with Gasteiger partial charge in [-0.3, -0.25) is 4.90 Å². The van der Waals surface area contributed by atoms with Crippen molar-refractivity contribution in [2.45, 2.75) is 38.8 Å². The number of anilines is 2. The van der Waals surface area contributed by atoms with Crippen molar-refractivity contribution in [2.75, 3.05) is 49.6 Å². The number of piperazine rings is 1. The highest BCUT2D eigenvalue weighted by atomic mass is 35.5. The van der Waals surface area contributed by atoms with Gasteiger partial charge >= 0.3 is 5.97 Å². The molecule has 0 aliphatic carbocycles. The fourth-order valence-electron chi connectivity index (χ4n) is 5.32. The van der Waals surface area contributed by atoms with Crippen molar-refractivity contribution in [3.8, 4) is 6.07 Å². The van der Waals surface area contributed by atoms with Gasteiger partial charge < -0.3 is 20.1 Å². The summed E-state index contributed by atoms with van der Waals surface area (Å²) in [6.45, 7) is 8.84. The zero-order valence-electron chi connectivity index (χ0n) is 21.4. The van der Waals surface area contributed by atoms with Crippen molar-refractivity contribution in [1.82, 2.24) is 19.9 Å². The molecule has 0 saturated carbocycles. The molecule has 4 heterocycles. The van der Waals surface area contributed by atoms with Crippen molar-refractivity contribution in [3.05, 3.63) is 51.9 Å². The first-order valence-corrected chi connectivity index (χ1v) is 13.2. The van der Waals surface area contributed by atoms with E-state index in [0.29, 0.717) is 34.3 Å². The number of carbonyl (C=O) groups is 1.